The number of nitro groups is 1. The summed E-state index contributed by atoms with van der Waals surface area (Å²) in [6.45, 7) is 0.434. The predicted octanol–water partition coefficient (Wildman–Crippen LogP) is 2.00. The Labute approximate surface area is 193 Å². The van der Waals surface area contributed by atoms with Gasteiger partial charge < -0.3 is 4.74 Å². The molecule has 3 fully saturated rings. The third-order valence-corrected chi connectivity index (χ3v) is 7.69. The van der Waals surface area contributed by atoms with Crippen molar-refractivity contribution in [1.82, 2.24) is 4.90 Å². The number of nitrogens with zero attached hydrogens (tertiary/aromatic N) is 3. The number of ketones is 2. The first kappa shape index (κ1) is 20.7. The van der Waals surface area contributed by atoms with E-state index in [9.17, 15) is 29.3 Å². The summed E-state index contributed by atoms with van der Waals surface area (Å²) in [6.07, 6.45) is 1.26. The Morgan fingerprint density at radius 2 is 1.71 bits per heavy atom. The molecule has 3 heterocycles. The monoisotopic (exact) mass is 461 g/mol. The van der Waals surface area contributed by atoms with Crippen molar-refractivity contribution in [3.05, 3.63) is 63.7 Å². The molecule has 6 rings (SSSR count). The van der Waals surface area contributed by atoms with Crippen molar-refractivity contribution in [3.8, 4) is 5.75 Å². The average molecular weight is 461 g/mol. The molecule has 3 saturated heterocycles. The number of non-ortho nitro benzene ring substituents is 1. The zero-order valence-electron chi connectivity index (χ0n) is 18.1. The second-order valence-corrected chi connectivity index (χ2v) is 9.00. The van der Waals surface area contributed by atoms with Crippen LogP contribution < -0.4 is 9.64 Å². The van der Waals surface area contributed by atoms with E-state index in [2.05, 4.69) is 0 Å². The van der Waals surface area contributed by atoms with Crippen molar-refractivity contribution >= 4 is 34.8 Å². The van der Waals surface area contributed by atoms with Crippen LogP contribution in [0.1, 0.15) is 33.6 Å². The molecule has 10 nitrogen and oxygen atoms in total. The van der Waals surface area contributed by atoms with Crippen LogP contribution in [0.3, 0.4) is 0 Å². The van der Waals surface area contributed by atoms with Crippen molar-refractivity contribution in [2.24, 2.45) is 11.8 Å². The van der Waals surface area contributed by atoms with Crippen LogP contribution in [-0.4, -0.2) is 58.4 Å². The quantitative estimate of drug-likeness (QED) is 0.294. The van der Waals surface area contributed by atoms with Gasteiger partial charge in [0, 0.05) is 29.3 Å². The molecular weight excluding hydrogens is 442 g/mol. The number of ether oxygens (including phenoxy) is 1. The molecule has 3 aliphatic heterocycles. The van der Waals surface area contributed by atoms with E-state index >= 15 is 0 Å². The maximum Gasteiger partial charge on any atom is 0.271 e. The van der Waals surface area contributed by atoms with Gasteiger partial charge in [0.25, 0.3) is 5.69 Å². The topological polar surface area (TPSA) is 127 Å². The number of carbonyl (C=O) groups excluding carboxylic acids is 4. The van der Waals surface area contributed by atoms with Crippen molar-refractivity contribution in [3.63, 3.8) is 0 Å². The first-order valence-corrected chi connectivity index (χ1v) is 11.0. The number of hydrogen-bond donors (Lipinski definition) is 0. The number of Topliss-reactive ketones (excluding diaryl/α,β-unsaturated/α-hetero) is 2. The predicted molar refractivity (Wildman–Crippen MR) is 117 cm³/mol. The molecular formula is C24H19N3O7. The van der Waals surface area contributed by atoms with Crippen LogP contribution in [0.5, 0.6) is 5.75 Å². The summed E-state index contributed by atoms with van der Waals surface area (Å²) >= 11 is 0. The Kier molecular flexibility index (Phi) is 4.13. The Hall–Kier alpha value is -3.92. The van der Waals surface area contributed by atoms with Gasteiger partial charge in [-0.3, -0.25) is 34.2 Å². The Balaban J connectivity index is 1.54. The van der Waals surface area contributed by atoms with Gasteiger partial charge in [0.05, 0.1) is 23.9 Å². The molecule has 4 aliphatic rings. The summed E-state index contributed by atoms with van der Waals surface area (Å²) in [5, 5.41) is 11.4. The lowest BCUT2D eigenvalue weighted by Gasteiger charge is -2.35. The number of nitro benzene ring substituents is 1. The molecule has 1 spiro atoms. The van der Waals surface area contributed by atoms with Gasteiger partial charge in [0.15, 0.2) is 17.1 Å². The fourth-order valence-corrected chi connectivity index (χ4v) is 6.44. The van der Waals surface area contributed by atoms with Crippen LogP contribution in [0, 0.1) is 22.0 Å². The summed E-state index contributed by atoms with van der Waals surface area (Å²) in [5.74, 6) is -4.19. The van der Waals surface area contributed by atoms with Crippen LogP contribution in [0.25, 0.3) is 0 Å². The molecule has 0 saturated carbocycles. The van der Waals surface area contributed by atoms with Crippen molar-refractivity contribution in [1.29, 1.82) is 0 Å². The van der Waals surface area contributed by atoms with E-state index in [1.165, 1.54) is 19.2 Å². The normalized spacial score (nSPS) is 26.9. The van der Waals surface area contributed by atoms with Gasteiger partial charge >= 0.3 is 0 Å². The lowest BCUT2D eigenvalue weighted by molar-refractivity contribution is -0.384. The zero-order valence-corrected chi connectivity index (χ0v) is 18.1. The van der Waals surface area contributed by atoms with Gasteiger partial charge in [-0.05, 0) is 25.5 Å². The highest BCUT2D eigenvalue weighted by molar-refractivity contribution is 6.38. The molecule has 0 aromatic heterocycles. The molecule has 3 atom stereocenters. The minimum atomic E-state index is -1.77. The highest BCUT2D eigenvalue weighted by Gasteiger charge is 2.77. The Bertz CT molecular complexity index is 1300. The molecule has 2 amide bonds. The number of benzene rings is 2. The Morgan fingerprint density at radius 1 is 1.03 bits per heavy atom. The van der Waals surface area contributed by atoms with Crippen molar-refractivity contribution in [2.45, 2.75) is 24.4 Å². The molecule has 10 heteroatoms. The number of carbonyl (C=O) groups is 4. The number of imide groups is 1. The summed E-state index contributed by atoms with van der Waals surface area (Å²) in [7, 11) is 1.33. The smallest absolute Gasteiger partial charge is 0.271 e. The first-order valence-electron chi connectivity index (χ1n) is 11.0. The molecule has 0 N–H and O–H groups in total. The number of amides is 2. The van der Waals surface area contributed by atoms with Gasteiger partial charge in [-0.15, -0.1) is 0 Å². The van der Waals surface area contributed by atoms with Crippen molar-refractivity contribution < 1.29 is 28.8 Å². The number of rotatable bonds is 3. The summed E-state index contributed by atoms with van der Waals surface area (Å²) in [6, 6.07) is 9.69. The maximum atomic E-state index is 13.9. The Morgan fingerprint density at radius 3 is 2.32 bits per heavy atom. The first-order chi connectivity index (χ1) is 16.3. The molecule has 0 radical (unpaired) electrons. The van der Waals surface area contributed by atoms with Crippen LogP contribution in [0.4, 0.5) is 11.4 Å². The summed E-state index contributed by atoms with van der Waals surface area (Å²) in [4.78, 5) is 68.7. The van der Waals surface area contributed by atoms with Crippen molar-refractivity contribution in [2.75, 3.05) is 18.6 Å². The minimum Gasteiger partial charge on any atom is -0.495 e. The SMILES string of the molecule is COc1ccc([N+](=O)[O-])cc1N1C(=O)[C@@H]2[C@@H](C1=O)C1(C(=O)c3ccccc3C1=O)N1CCC[C@@H]21. The van der Waals surface area contributed by atoms with Crippen LogP contribution in [0.2, 0.25) is 0 Å². The van der Waals surface area contributed by atoms with Gasteiger partial charge in [-0.1, -0.05) is 24.3 Å². The largest absolute Gasteiger partial charge is 0.495 e. The molecule has 2 aromatic rings. The van der Waals surface area contributed by atoms with Crippen LogP contribution in [-0.2, 0) is 9.59 Å². The standard InChI is InChI=1S/C24H19N3O7/c1-34-17-9-8-12(27(32)33)11-16(17)26-22(30)18-15-7-4-10-25(15)24(19(18)23(26)31)20(28)13-5-2-3-6-14(13)21(24)29/h2-3,5-6,8-9,11,15,18-19H,4,7,10H2,1H3/t15-,18-,19-/m0/s1. The molecule has 2 aromatic carbocycles. The maximum absolute atomic E-state index is 13.9. The van der Waals surface area contributed by atoms with E-state index in [-0.39, 0.29) is 28.3 Å². The number of methoxy groups -OCH3 is 1. The molecule has 172 valence electrons. The molecule has 34 heavy (non-hydrogen) atoms. The zero-order chi connectivity index (χ0) is 23.9. The van der Waals surface area contributed by atoms with Crippen LogP contribution in [0.15, 0.2) is 42.5 Å². The number of hydrogen-bond acceptors (Lipinski definition) is 8. The molecule has 0 unspecified atom stereocenters. The lowest BCUT2D eigenvalue weighted by Crippen LogP contribution is -2.59. The van der Waals surface area contributed by atoms with Gasteiger partial charge in [-0.25, -0.2) is 4.90 Å². The molecule has 0 bridgehead atoms. The lowest BCUT2D eigenvalue weighted by atomic mass is 9.76. The molecule has 1 aliphatic carbocycles. The van der Waals surface area contributed by atoms with Gasteiger partial charge in [0.2, 0.25) is 11.8 Å². The van der Waals surface area contributed by atoms with Gasteiger partial charge in [-0.2, -0.15) is 0 Å². The highest BCUT2D eigenvalue weighted by Crippen LogP contribution is 2.57. The summed E-state index contributed by atoms with van der Waals surface area (Å²) < 4.78 is 5.29. The van der Waals surface area contributed by atoms with Crippen LogP contribution >= 0.6 is 0 Å². The summed E-state index contributed by atoms with van der Waals surface area (Å²) in [5.41, 5.74) is -1.64. The van der Waals surface area contributed by atoms with E-state index in [0.717, 1.165) is 11.0 Å². The van der Waals surface area contributed by atoms with E-state index in [4.69, 9.17) is 4.74 Å². The second-order valence-electron chi connectivity index (χ2n) is 9.00. The number of fused-ring (bicyclic) bond motifs is 6. The third-order valence-electron chi connectivity index (χ3n) is 7.69. The van der Waals surface area contributed by atoms with E-state index in [1.54, 1.807) is 29.2 Å². The third kappa shape index (κ3) is 2.23. The fraction of sp³-hybridized carbons (Fsp3) is 0.333. The number of anilines is 1. The van der Waals surface area contributed by atoms with E-state index in [0.29, 0.717) is 19.4 Å². The fourth-order valence-electron chi connectivity index (χ4n) is 6.44. The highest BCUT2D eigenvalue weighted by atomic mass is 16.6. The second kappa shape index (κ2) is 6.80. The average Bonchev–Trinajstić information content (AvgIpc) is 3.53. The van der Waals surface area contributed by atoms with E-state index in [1.807, 2.05) is 0 Å². The van der Waals surface area contributed by atoms with Gasteiger partial charge in [0.1, 0.15) is 11.4 Å². The minimum absolute atomic E-state index is 0.0591. The van der Waals surface area contributed by atoms with E-state index < -0.39 is 51.7 Å².